The van der Waals surface area contributed by atoms with Gasteiger partial charge < -0.3 is 15.5 Å². The van der Waals surface area contributed by atoms with E-state index in [1.807, 2.05) is 49.0 Å². The number of para-hydroxylation sites is 1. The zero-order chi connectivity index (χ0) is 22.3. The summed E-state index contributed by atoms with van der Waals surface area (Å²) in [5.41, 5.74) is 0.956. The summed E-state index contributed by atoms with van der Waals surface area (Å²) in [6.45, 7) is 0. The van der Waals surface area contributed by atoms with Gasteiger partial charge in [0, 0.05) is 43.7 Å². The summed E-state index contributed by atoms with van der Waals surface area (Å²) in [6.07, 6.45) is 11.5. The summed E-state index contributed by atoms with van der Waals surface area (Å²) < 4.78 is 0. The van der Waals surface area contributed by atoms with Crippen LogP contribution in [0, 0.1) is 0 Å². The van der Waals surface area contributed by atoms with Crippen LogP contribution in [0.3, 0.4) is 0 Å². The summed E-state index contributed by atoms with van der Waals surface area (Å²) in [4.78, 5) is 25.4. The third-order valence-electron chi connectivity index (χ3n) is 6.29. The maximum atomic E-state index is 12.3. The molecule has 2 aliphatic rings. The molecule has 1 aromatic heterocycles. The number of amides is 1. The predicted molar refractivity (Wildman–Crippen MR) is 135 cm³/mol. The highest BCUT2D eigenvalue weighted by Gasteiger charge is 2.23. The van der Waals surface area contributed by atoms with Crippen molar-refractivity contribution in [1.29, 1.82) is 0 Å². The van der Waals surface area contributed by atoms with E-state index < -0.39 is 0 Å². The van der Waals surface area contributed by atoms with E-state index in [9.17, 15) is 4.79 Å². The molecule has 0 bridgehead atoms. The Bertz CT molecular complexity index is 952. The minimum Gasteiger partial charge on any atom is -0.362 e. The van der Waals surface area contributed by atoms with Gasteiger partial charge in [0.2, 0.25) is 11.9 Å². The number of nitrogens with one attached hydrogen (secondary N) is 2. The molecule has 2 heterocycles. The molecular weight excluding hydrogens is 418 g/mol. The second-order valence-corrected chi connectivity index (χ2v) is 10.3. The highest BCUT2D eigenvalue weighted by molar-refractivity contribution is 8.03. The minimum atomic E-state index is 0.211. The number of anilines is 2. The van der Waals surface area contributed by atoms with Crippen molar-refractivity contribution >= 4 is 40.3 Å². The predicted octanol–water partition coefficient (Wildman–Crippen LogP) is 5.12. The third-order valence-corrected chi connectivity index (χ3v) is 7.47. The normalized spacial score (nSPS) is 20.8. The monoisotopic (exact) mass is 453 g/mol. The van der Waals surface area contributed by atoms with Crippen molar-refractivity contribution < 1.29 is 4.79 Å². The molecule has 1 aliphatic heterocycles. The Hall–Kier alpha value is -2.28. The number of carbonyl (C=O) groups excluding carboxylic acids is 1. The third kappa shape index (κ3) is 6.15. The number of rotatable bonds is 9. The fourth-order valence-electron chi connectivity index (χ4n) is 4.56. The van der Waals surface area contributed by atoms with Crippen molar-refractivity contribution in [1.82, 2.24) is 15.3 Å². The second kappa shape index (κ2) is 11.0. The van der Waals surface area contributed by atoms with Gasteiger partial charge in [0.25, 0.3) is 0 Å². The number of benzene rings is 1. The molecule has 0 saturated heterocycles. The van der Waals surface area contributed by atoms with Crippen LogP contribution in [0.1, 0.15) is 57.8 Å². The van der Waals surface area contributed by atoms with E-state index in [2.05, 4.69) is 22.8 Å². The minimum absolute atomic E-state index is 0.211. The molecule has 2 N–H and O–H groups in total. The molecule has 1 aliphatic carbocycles. The zero-order valence-corrected chi connectivity index (χ0v) is 20.1. The largest absolute Gasteiger partial charge is 0.362 e. The molecule has 32 heavy (non-hydrogen) atoms. The Morgan fingerprint density at radius 2 is 1.88 bits per heavy atom. The summed E-state index contributed by atoms with van der Waals surface area (Å²) in [7, 11) is 4.02. The van der Waals surface area contributed by atoms with Crippen molar-refractivity contribution in [2.45, 2.75) is 69.9 Å². The van der Waals surface area contributed by atoms with E-state index >= 15 is 0 Å². The first-order chi connectivity index (χ1) is 15.6. The second-order valence-electron chi connectivity index (χ2n) is 9.06. The number of unbranched alkanes of at least 4 members (excludes halogenated alkanes) is 1. The first-order valence-electron chi connectivity index (χ1n) is 11.9. The first kappa shape index (κ1) is 22.9. The van der Waals surface area contributed by atoms with Gasteiger partial charge in [0.1, 0.15) is 5.82 Å². The molecule has 4 rings (SSSR count). The van der Waals surface area contributed by atoms with Gasteiger partial charge in [-0.15, -0.1) is 11.8 Å². The van der Waals surface area contributed by atoms with Crippen molar-refractivity contribution in [3.05, 3.63) is 35.2 Å². The lowest BCUT2D eigenvalue weighted by Gasteiger charge is -2.30. The molecule has 1 aromatic carbocycles. The molecular formula is C25H35N5OS. The van der Waals surface area contributed by atoms with Gasteiger partial charge in [-0.2, -0.15) is 4.98 Å². The summed E-state index contributed by atoms with van der Waals surface area (Å²) in [5, 5.41) is 7.86. The lowest BCUT2D eigenvalue weighted by molar-refractivity contribution is -0.122. The standard InChI is InChI=1S/C25H35N5OS/c1-30(2)24-21-10-4-5-11-22(21)28-25(29-24)27-19-15-13-18(14-16-19)26-23(31)12-6-3-8-20-9-7-17-32-20/h4-5,9-11,18-19H,3,6-8,12-17H2,1-2H3,(H,26,31)(H,27,28,29)/t18-,19+. The van der Waals surface area contributed by atoms with E-state index in [1.165, 1.54) is 17.1 Å². The SMILES string of the molecule is CN(C)c1nc(N[C@H]2CC[C@@H](NC(=O)CCCCC3=CCCS3)CC2)nc2ccccc12. The molecule has 1 saturated carbocycles. The van der Waals surface area contributed by atoms with E-state index in [0.29, 0.717) is 24.5 Å². The van der Waals surface area contributed by atoms with Crippen LogP contribution < -0.4 is 15.5 Å². The Labute approximate surface area is 195 Å². The van der Waals surface area contributed by atoms with Gasteiger partial charge in [-0.1, -0.05) is 18.2 Å². The molecule has 172 valence electrons. The quantitative estimate of drug-likeness (QED) is 0.514. The van der Waals surface area contributed by atoms with Crippen molar-refractivity contribution in [3.8, 4) is 0 Å². The van der Waals surface area contributed by atoms with Gasteiger partial charge in [-0.3, -0.25) is 4.79 Å². The zero-order valence-electron chi connectivity index (χ0n) is 19.3. The van der Waals surface area contributed by atoms with Crippen LogP contribution in [0.15, 0.2) is 35.2 Å². The number of allylic oxidation sites excluding steroid dienone is 2. The topological polar surface area (TPSA) is 70.2 Å². The number of hydrogen-bond donors (Lipinski definition) is 2. The van der Waals surface area contributed by atoms with Gasteiger partial charge in [-0.05, 0) is 68.4 Å². The molecule has 0 atom stereocenters. The van der Waals surface area contributed by atoms with Crippen LogP contribution in [0.25, 0.3) is 10.9 Å². The maximum absolute atomic E-state index is 12.3. The van der Waals surface area contributed by atoms with Gasteiger partial charge >= 0.3 is 0 Å². The number of nitrogens with zero attached hydrogens (tertiary/aromatic N) is 3. The average Bonchev–Trinajstić information content (AvgIpc) is 3.31. The van der Waals surface area contributed by atoms with Crippen LogP contribution in [-0.2, 0) is 4.79 Å². The molecule has 1 amide bonds. The number of fused-ring (bicyclic) bond motifs is 1. The molecule has 2 aromatic rings. The summed E-state index contributed by atoms with van der Waals surface area (Å²) in [5.74, 6) is 3.07. The lowest BCUT2D eigenvalue weighted by atomic mass is 9.91. The van der Waals surface area contributed by atoms with E-state index in [4.69, 9.17) is 9.97 Å². The fourth-order valence-corrected chi connectivity index (χ4v) is 5.58. The van der Waals surface area contributed by atoms with Crippen molar-refractivity contribution in [2.75, 3.05) is 30.1 Å². The Morgan fingerprint density at radius 1 is 1.09 bits per heavy atom. The van der Waals surface area contributed by atoms with Crippen molar-refractivity contribution in [3.63, 3.8) is 0 Å². The Balaban J connectivity index is 1.21. The van der Waals surface area contributed by atoms with E-state index in [0.717, 1.165) is 61.7 Å². The number of aromatic nitrogens is 2. The Kier molecular flexibility index (Phi) is 7.90. The van der Waals surface area contributed by atoms with Gasteiger partial charge in [-0.25, -0.2) is 4.98 Å². The molecule has 0 unspecified atom stereocenters. The van der Waals surface area contributed by atoms with Crippen molar-refractivity contribution in [2.24, 2.45) is 0 Å². The number of thioether (sulfide) groups is 1. The van der Waals surface area contributed by atoms with E-state index in [1.54, 1.807) is 0 Å². The highest BCUT2D eigenvalue weighted by Crippen LogP contribution is 2.29. The molecule has 1 fully saturated rings. The Morgan fingerprint density at radius 3 is 2.62 bits per heavy atom. The van der Waals surface area contributed by atoms with Gasteiger partial charge in [0.15, 0.2) is 0 Å². The fraction of sp³-hybridized carbons (Fsp3) is 0.560. The number of carbonyl (C=O) groups is 1. The number of hydrogen-bond acceptors (Lipinski definition) is 6. The molecule has 0 radical (unpaired) electrons. The highest BCUT2D eigenvalue weighted by atomic mass is 32.2. The van der Waals surface area contributed by atoms with E-state index in [-0.39, 0.29) is 5.91 Å². The smallest absolute Gasteiger partial charge is 0.225 e. The van der Waals surface area contributed by atoms with Crippen LogP contribution in [0.4, 0.5) is 11.8 Å². The molecule has 6 nitrogen and oxygen atoms in total. The van der Waals surface area contributed by atoms with Crippen LogP contribution in [-0.4, -0.2) is 47.8 Å². The van der Waals surface area contributed by atoms with Crippen LogP contribution >= 0.6 is 11.8 Å². The summed E-state index contributed by atoms with van der Waals surface area (Å²) in [6, 6.07) is 8.77. The lowest BCUT2D eigenvalue weighted by Crippen LogP contribution is -2.40. The summed E-state index contributed by atoms with van der Waals surface area (Å²) >= 11 is 1.98. The first-order valence-corrected chi connectivity index (χ1v) is 12.9. The average molecular weight is 454 g/mol. The van der Waals surface area contributed by atoms with Crippen LogP contribution in [0.2, 0.25) is 0 Å². The maximum Gasteiger partial charge on any atom is 0.225 e. The molecule has 7 heteroatoms. The van der Waals surface area contributed by atoms with Gasteiger partial charge in [0.05, 0.1) is 5.52 Å². The molecule has 0 spiro atoms. The van der Waals surface area contributed by atoms with Crippen LogP contribution in [0.5, 0.6) is 0 Å².